The number of alkyl halides is 3. The van der Waals surface area contributed by atoms with E-state index in [0.717, 1.165) is 0 Å². The maximum absolute atomic E-state index is 15.3. The molecule has 1 aromatic heterocycles. The second-order valence-electron chi connectivity index (χ2n) is 10.9. The van der Waals surface area contributed by atoms with Crippen LogP contribution in [0.1, 0.15) is 65.5 Å². The first-order chi connectivity index (χ1) is 18.1. The Bertz CT molecular complexity index is 1320. The van der Waals surface area contributed by atoms with E-state index in [1.807, 2.05) is 32.3 Å². The number of nitrogens with zero attached hydrogens (tertiary/aromatic N) is 2. The lowest BCUT2D eigenvalue weighted by Crippen LogP contribution is -2.45. The normalized spacial score (nSPS) is 17.3. The van der Waals surface area contributed by atoms with Gasteiger partial charge in [0, 0.05) is 24.2 Å². The first kappa shape index (κ1) is 28.7. The van der Waals surface area contributed by atoms with Crippen molar-refractivity contribution in [3.63, 3.8) is 0 Å². The number of carbonyl (C=O) groups is 1. The third-order valence-electron chi connectivity index (χ3n) is 6.48. The van der Waals surface area contributed by atoms with E-state index in [-0.39, 0.29) is 31.2 Å². The summed E-state index contributed by atoms with van der Waals surface area (Å²) in [6, 6.07) is 8.24. The van der Waals surface area contributed by atoms with Gasteiger partial charge in [-0.2, -0.15) is 0 Å². The molecule has 4 rings (SSSR count). The molecule has 1 aliphatic heterocycles. The van der Waals surface area contributed by atoms with Crippen molar-refractivity contribution in [3.8, 4) is 5.75 Å². The molecule has 0 atom stereocenters. The van der Waals surface area contributed by atoms with Crippen LogP contribution in [0.3, 0.4) is 0 Å². The number of halogens is 4. The number of esters is 1. The van der Waals surface area contributed by atoms with Crippen molar-refractivity contribution in [1.29, 1.82) is 0 Å². The highest BCUT2D eigenvalue weighted by Gasteiger charge is 2.41. The van der Waals surface area contributed by atoms with Gasteiger partial charge in [0.2, 0.25) is 5.95 Å². The molecule has 0 unspecified atom stereocenters. The van der Waals surface area contributed by atoms with Crippen LogP contribution in [-0.2, 0) is 20.7 Å². The van der Waals surface area contributed by atoms with Crippen LogP contribution in [0.2, 0.25) is 0 Å². The third-order valence-corrected chi connectivity index (χ3v) is 6.48. The molecule has 0 spiro atoms. The Morgan fingerprint density at radius 2 is 1.77 bits per heavy atom. The van der Waals surface area contributed by atoms with Crippen molar-refractivity contribution >= 4 is 28.6 Å². The van der Waals surface area contributed by atoms with Gasteiger partial charge in [-0.1, -0.05) is 0 Å². The average molecular weight is 552 g/mol. The fraction of sp³-hybridized carbons (Fsp3) is 0.500. The highest BCUT2D eigenvalue weighted by atomic mass is 19.4. The van der Waals surface area contributed by atoms with E-state index in [2.05, 4.69) is 10.1 Å². The van der Waals surface area contributed by atoms with Gasteiger partial charge in [0.25, 0.3) is 0 Å². The molecule has 1 fully saturated rings. The number of carbonyl (C=O) groups excluding carboxylic acids is 1. The predicted octanol–water partition coefficient (Wildman–Crippen LogP) is 7.22. The topological polar surface area (TPSA) is 74.6 Å². The molecule has 11 heteroatoms. The Morgan fingerprint density at radius 1 is 1.13 bits per heavy atom. The summed E-state index contributed by atoms with van der Waals surface area (Å²) in [7, 11) is 0. The number of rotatable bonds is 8. The molecular formula is C28H33F4N3O4. The molecule has 0 saturated carbocycles. The molecule has 0 radical (unpaired) electrons. The van der Waals surface area contributed by atoms with Crippen LogP contribution in [0.25, 0.3) is 11.0 Å². The third kappa shape index (κ3) is 7.20. The molecule has 2 aromatic carbocycles. The van der Waals surface area contributed by atoms with Crippen molar-refractivity contribution in [2.24, 2.45) is 0 Å². The first-order valence-electron chi connectivity index (χ1n) is 12.8. The second-order valence-corrected chi connectivity index (χ2v) is 10.9. The quantitative estimate of drug-likeness (QED) is 0.235. The largest absolute Gasteiger partial charge is 0.573 e. The van der Waals surface area contributed by atoms with Gasteiger partial charge in [-0.25, -0.2) is 9.37 Å². The minimum atomic E-state index is -4.79. The minimum Gasteiger partial charge on any atom is -0.466 e. The number of anilines is 2. The van der Waals surface area contributed by atoms with Crippen LogP contribution >= 0.6 is 0 Å². The van der Waals surface area contributed by atoms with E-state index < -0.39 is 29.4 Å². The second kappa shape index (κ2) is 10.7. The summed E-state index contributed by atoms with van der Waals surface area (Å²) < 4.78 is 70.1. The number of imidazole rings is 1. The fourth-order valence-corrected chi connectivity index (χ4v) is 5.37. The molecule has 1 saturated heterocycles. The molecule has 3 aromatic rings. The maximum atomic E-state index is 15.3. The average Bonchev–Trinajstić information content (AvgIpc) is 3.12. The molecule has 7 nitrogen and oxygen atoms in total. The summed E-state index contributed by atoms with van der Waals surface area (Å²) >= 11 is 0. The number of hydrogen-bond donors (Lipinski definition) is 1. The van der Waals surface area contributed by atoms with Gasteiger partial charge in [0.1, 0.15) is 11.6 Å². The lowest BCUT2D eigenvalue weighted by molar-refractivity contribution is -0.274. The molecule has 2 heterocycles. The number of aryl methyl sites for hydroxylation is 1. The van der Waals surface area contributed by atoms with E-state index in [1.54, 1.807) is 13.0 Å². The first-order valence-corrected chi connectivity index (χ1v) is 12.8. The summed E-state index contributed by atoms with van der Waals surface area (Å²) in [5.74, 6) is -0.800. The Hall–Kier alpha value is -3.34. The van der Waals surface area contributed by atoms with Gasteiger partial charge in [-0.05, 0) is 89.8 Å². The Kier molecular flexibility index (Phi) is 7.84. The lowest BCUT2D eigenvalue weighted by Gasteiger charge is -2.46. The van der Waals surface area contributed by atoms with Crippen LogP contribution in [0.4, 0.5) is 29.2 Å². The van der Waals surface area contributed by atoms with Crippen LogP contribution in [0.15, 0.2) is 36.4 Å². The standard InChI is InChI=1S/C28H33F4N3O4/c1-6-37-24(36)12-7-17-13-22-23(14-21(17)29)35(19-15-26(2,3)39-27(4,5)16-19)25(34-22)33-18-8-10-20(11-9-18)38-28(30,31)32/h8-11,13-14,19H,6-7,12,15-16H2,1-5H3,(H,33,34). The Morgan fingerprint density at radius 3 is 2.36 bits per heavy atom. The maximum Gasteiger partial charge on any atom is 0.573 e. The smallest absolute Gasteiger partial charge is 0.466 e. The number of fused-ring (bicyclic) bond motifs is 1. The molecule has 1 N–H and O–H groups in total. The van der Waals surface area contributed by atoms with Crippen molar-refractivity contribution in [2.75, 3.05) is 11.9 Å². The molecule has 0 amide bonds. The minimum absolute atomic E-state index is 0.0385. The van der Waals surface area contributed by atoms with Crippen LogP contribution in [0, 0.1) is 5.82 Å². The Balaban J connectivity index is 1.73. The van der Waals surface area contributed by atoms with E-state index in [4.69, 9.17) is 14.5 Å². The van der Waals surface area contributed by atoms with E-state index >= 15 is 4.39 Å². The summed E-state index contributed by atoms with van der Waals surface area (Å²) in [4.78, 5) is 16.6. The number of nitrogens with one attached hydrogen (secondary N) is 1. The summed E-state index contributed by atoms with van der Waals surface area (Å²) in [6.07, 6.45) is -3.34. The molecule has 0 bridgehead atoms. The van der Waals surface area contributed by atoms with Gasteiger partial charge in [0.15, 0.2) is 0 Å². The molecule has 0 aliphatic carbocycles. The SMILES string of the molecule is CCOC(=O)CCc1cc2nc(Nc3ccc(OC(F)(F)F)cc3)n(C3CC(C)(C)OC(C)(C)C3)c2cc1F. The Labute approximate surface area is 224 Å². The van der Waals surface area contributed by atoms with Crippen LogP contribution in [0.5, 0.6) is 5.75 Å². The number of hydrogen-bond acceptors (Lipinski definition) is 6. The zero-order valence-corrected chi connectivity index (χ0v) is 22.6. The molecule has 1 aliphatic rings. The molecule has 212 valence electrons. The fourth-order valence-electron chi connectivity index (χ4n) is 5.37. The van der Waals surface area contributed by atoms with Gasteiger partial charge >= 0.3 is 12.3 Å². The highest BCUT2D eigenvalue weighted by Crippen LogP contribution is 2.44. The zero-order chi connectivity index (χ0) is 28.6. The number of aromatic nitrogens is 2. The summed E-state index contributed by atoms with van der Waals surface area (Å²) in [5.41, 5.74) is 0.981. The van der Waals surface area contributed by atoms with Crippen molar-refractivity contribution in [2.45, 2.75) is 83.9 Å². The monoisotopic (exact) mass is 551 g/mol. The van der Waals surface area contributed by atoms with Crippen molar-refractivity contribution < 1.29 is 36.6 Å². The zero-order valence-electron chi connectivity index (χ0n) is 22.6. The van der Waals surface area contributed by atoms with Gasteiger partial charge < -0.3 is 24.1 Å². The molecule has 39 heavy (non-hydrogen) atoms. The van der Waals surface area contributed by atoms with Crippen LogP contribution in [-0.4, -0.2) is 39.7 Å². The van der Waals surface area contributed by atoms with Gasteiger partial charge in [-0.15, -0.1) is 13.2 Å². The summed E-state index contributed by atoms with van der Waals surface area (Å²) in [5, 5.41) is 3.19. The number of ether oxygens (including phenoxy) is 3. The van der Waals surface area contributed by atoms with Crippen molar-refractivity contribution in [3.05, 3.63) is 47.8 Å². The van der Waals surface area contributed by atoms with Gasteiger partial charge in [-0.3, -0.25) is 4.79 Å². The lowest BCUT2D eigenvalue weighted by atomic mass is 9.85. The van der Waals surface area contributed by atoms with E-state index in [1.165, 1.54) is 30.3 Å². The van der Waals surface area contributed by atoms with Gasteiger partial charge in [0.05, 0.1) is 28.8 Å². The highest BCUT2D eigenvalue weighted by molar-refractivity contribution is 5.81. The number of benzene rings is 2. The van der Waals surface area contributed by atoms with E-state index in [0.29, 0.717) is 41.1 Å². The van der Waals surface area contributed by atoms with E-state index in [9.17, 15) is 18.0 Å². The van der Waals surface area contributed by atoms with Crippen LogP contribution < -0.4 is 10.1 Å². The predicted molar refractivity (Wildman–Crippen MR) is 139 cm³/mol. The molecular weight excluding hydrogens is 518 g/mol. The van der Waals surface area contributed by atoms with Crippen molar-refractivity contribution in [1.82, 2.24) is 9.55 Å². The summed E-state index contributed by atoms with van der Waals surface area (Å²) in [6.45, 7) is 9.96.